The van der Waals surface area contributed by atoms with E-state index in [2.05, 4.69) is 12.1 Å². The molecule has 4 heteroatoms. The van der Waals surface area contributed by atoms with E-state index in [1.54, 1.807) is 30.5 Å². The topological polar surface area (TPSA) is 80.6 Å². The number of benzene rings is 3. The average molecular weight is 349 g/mol. The van der Waals surface area contributed by atoms with Crippen molar-refractivity contribution < 1.29 is 4.74 Å². The van der Waals surface area contributed by atoms with Gasteiger partial charge in [-0.15, -0.1) is 5.26 Å². The SMILES string of the molecule is N#COc1ccc(Cc2ccc(Cc3ccc(C#N)cc3)cc2C#N)cc1. The first kappa shape index (κ1) is 17.7. The first-order valence-electron chi connectivity index (χ1n) is 8.37. The van der Waals surface area contributed by atoms with Gasteiger partial charge in [0.15, 0.2) is 0 Å². The molecule has 0 aliphatic heterocycles. The Morgan fingerprint density at radius 2 is 1.30 bits per heavy atom. The standard InChI is InChI=1S/C23H15N3O/c24-14-19-3-1-17(2-4-19)11-20-5-8-21(22(13-20)15-25)12-18-6-9-23(10-7-18)27-16-26/h1-10,13H,11-12H2. The second kappa shape index (κ2) is 8.34. The molecule has 0 saturated carbocycles. The molecule has 4 nitrogen and oxygen atoms in total. The van der Waals surface area contributed by atoms with Crippen molar-refractivity contribution in [3.63, 3.8) is 0 Å². The Balaban J connectivity index is 1.76. The Hall–Kier alpha value is -4.07. The summed E-state index contributed by atoms with van der Waals surface area (Å²) < 4.78 is 4.78. The van der Waals surface area contributed by atoms with Gasteiger partial charge in [0.25, 0.3) is 6.26 Å². The molecule has 0 radical (unpaired) electrons. The van der Waals surface area contributed by atoms with Gasteiger partial charge in [-0.1, -0.05) is 36.4 Å². The predicted molar refractivity (Wildman–Crippen MR) is 101 cm³/mol. The zero-order chi connectivity index (χ0) is 19.1. The summed E-state index contributed by atoms with van der Waals surface area (Å²) in [6.45, 7) is 0. The summed E-state index contributed by atoms with van der Waals surface area (Å²) in [4.78, 5) is 0. The average Bonchev–Trinajstić information content (AvgIpc) is 2.71. The quantitative estimate of drug-likeness (QED) is 0.636. The molecule has 0 saturated heterocycles. The zero-order valence-electron chi connectivity index (χ0n) is 14.5. The normalized spacial score (nSPS) is 9.67. The number of hydrogen-bond donors (Lipinski definition) is 0. The Morgan fingerprint density at radius 3 is 1.93 bits per heavy atom. The van der Waals surface area contributed by atoms with Crippen LogP contribution in [0, 0.1) is 34.2 Å². The molecule has 3 aromatic rings. The number of nitrogens with zero attached hydrogens (tertiary/aromatic N) is 3. The monoisotopic (exact) mass is 349 g/mol. The van der Waals surface area contributed by atoms with Crippen LogP contribution in [0.4, 0.5) is 0 Å². The summed E-state index contributed by atoms with van der Waals surface area (Å²) >= 11 is 0. The van der Waals surface area contributed by atoms with E-state index in [0.29, 0.717) is 29.7 Å². The molecule has 128 valence electrons. The van der Waals surface area contributed by atoms with Gasteiger partial charge in [0, 0.05) is 0 Å². The van der Waals surface area contributed by atoms with Crippen LogP contribution in [-0.4, -0.2) is 0 Å². The van der Waals surface area contributed by atoms with Gasteiger partial charge < -0.3 is 4.74 Å². The van der Waals surface area contributed by atoms with Crippen molar-refractivity contribution in [2.45, 2.75) is 12.8 Å². The highest BCUT2D eigenvalue weighted by atomic mass is 16.5. The summed E-state index contributed by atoms with van der Waals surface area (Å²) in [6.07, 6.45) is 2.99. The molecule has 0 aliphatic rings. The van der Waals surface area contributed by atoms with Crippen LogP contribution >= 0.6 is 0 Å². The maximum Gasteiger partial charge on any atom is 0.292 e. The minimum Gasteiger partial charge on any atom is -0.388 e. The lowest BCUT2D eigenvalue weighted by molar-refractivity contribution is 0.507. The van der Waals surface area contributed by atoms with Gasteiger partial charge in [-0.05, 0) is 65.4 Å². The Labute approximate surface area is 158 Å². The molecule has 3 aromatic carbocycles. The fraction of sp³-hybridized carbons (Fsp3) is 0.0870. The zero-order valence-corrected chi connectivity index (χ0v) is 14.5. The van der Waals surface area contributed by atoms with Crippen molar-refractivity contribution in [2.24, 2.45) is 0 Å². The summed E-state index contributed by atoms with van der Waals surface area (Å²) in [5.41, 5.74) is 5.43. The minimum atomic E-state index is 0.500. The highest BCUT2D eigenvalue weighted by Crippen LogP contribution is 2.20. The Bertz CT molecular complexity index is 1060. The molecule has 0 unspecified atom stereocenters. The van der Waals surface area contributed by atoms with Crippen LogP contribution in [0.2, 0.25) is 0 Å². The lowest BCUT2D eigenvalue weighted by atomic mass is 9.95. The fourth-order valence-electron chi connectivity index (χ4n) is 2.87. The summed E-state index contributed by atoms with van der Waals surface area (Å²) in [5.74, 6) is 0.500. The molecule has 0 aromatic heterocycles. The largest absolute Gasteiger partial charge is 0.388 e. The van der Waals surface area contributed by atoms with Gasteiger partial charge in [0.2, 0.25) is 0 Å². The second-order valence-corrected chi connectivity index (χ2v) is 6.10. The van der Waals surface area contributed by atoms with Crippen LogP contribution in [-0.2, 0) is 12.8 Å². The number of hydrogen-bond acceptors (Lipinski definition) is 4. The third-order valence-electron chi connectivity index (χ3n) is 4.27. The lowest BCUT2D eigenvalue weighted by Crippen LogP contribution is -1.96. The molecular formula is C23H15N3O. The molecule has 0 spiro atoms. The fourth-order valence-corrected chi connectivity index (χ4v) is 2.87. The van der Waals surface area contributed by atoms with Crippen LogP contribution in [0.5, 0.6) is 5.75 Å². The molecular weight excluding hydrogens is 334 g/mol. The third-order valence-corrected chi connectivity index (χ3v) is 4.27. The van der Waals surface area contributed by atoms with E-state index in [9.17, 15) is 5.26 Å². The van der Waals surface area contributed by atoms with E-state index < -0.39 is 0 Å². The van der Waals surface area contributed by atoms with E-state index in [1.807, 2.05) is 42.5 Å². The van der Waals surface area contributed by atoms with Gasteiger partial charge in [-0.3, -0.25) is 0 Å². The van der Waals surface area contributed by atoms with E-state index in [0.717, 1.165) is 22.3 Å². The van der Waals surface area contributed by atoms with Gasteiger partial charge in [-0.2, -0.15) is 10.5 Å². The molecule has 0 atom stereocenters. The van der Waals surface area contributed by atoms with Crippen molar-refractivity contribution >= 4 is 0 Å². The first-order chi connectivity index (χ1) is 13.2. The van der Waals surface area contributed by atoms with Gasteiger partial charge >= 0.3 is 0 Å². The highest BCUT2D eigenvalue weighted by Gasteiger charge is 2.07. The van der Waals surface area contributed by atoms with Crippen molar-refractivity contribution in [1.82, 2.24) is 0 Å². The highest BCUT2D eigenvalue weighted by molar-refractivity contribution is 5.45. The van der Waals surface area contributed by atoms with Crippen LogP contribution in [0.1, 0.15) is 33.4 Å². The lowest BCUT2D eigenvalue weighted by Gasteiger charge is -2.08. The summed E-state index contributed by atoms with van der Waals surface area (Å²) in [5, 5.41) is 26.9. The molecule has 0 bridgehead atoms. The van der Waals surface area contributed by atoms with Crippen molar-refractivity contribution in [2.75, 3.05) is 0 Å². The number of rotatable bonds is 5. The second-order valence-electron chi connectivity index (χ2n) is 6.10. The van der Waals surface area contributed by atoms with E-state index >= 15 is 0 Å². The number of ether oxygens (including phenoxy) is 1. The smallest absolute Gasteiger partial charge is 0.292 e. The maximum absolute atomic E-state index is 9.53. The molecule has 0 N–H and O–H groups in total. The van der Waals surface area contributed by atoms with Gasteiger partial charge in [0.05, 0.1) is 23.3 Å². The Morgan fingerprint density at radius 1 is 0.667 bits per heavy atom. The van der Waals surface area contributed by atoms with Gasteiger partial charge in [0.1, 0.15) is 5.75 Å². The molecule has 0 heterocycles. The van der Waals surface area contributed by atoms with Crippen molar-refractivity contribution in [1.29, 1.82) is 15.8 Å². The summed E-state index contributed by atoms with van der Waals surface area (Å²) in [7, 11) is 0. The Kier molecular flexibility index (Phi) is 5.48. The molecule has 0 fully saturated rings. The van der Waals surface area contributed by atoms with Crippen LogP contribution in [0.3, 0.4) is 0 Å². The van der Waals surface area contributed by atoms with Crippen LogP contribution in [0.25, 0.3) is 0 Å². The number of nitriles is 3. The molecule has 0 aliphatic carbocycles. The van der Waals surface area contributed by atoms with Gasteiger partial charge in [-0.25, -0.2) is 0 Å². The van der Waals surface area contributed by atoms with Crippen LogP contribution in [0.15, 0.2) is 66.7 Å². The van der Waals surface area contributed by atoms with E-state index in [-0.39, 0.29) is 0 Å². The van der Waals surface area contributed by atoms with Crippen molar-refractivity contribution in [3.05, 3.63) is 100 Å². The van der Waals surface area contributed by atoms with Crippen molar-refractivity contribution in [3.8, 4) is 24.1 Å². The predicted octanol–water partition coefficient (Wildman–Crippen LogP) is 4.47. The first-order valence-corrected chi connectivity index (χ1v) is 8.37. The van der Waals surface area contributed by atoms with Crippen LogP contribution < -0.4 is 4.74 Å². The molecule has 3 rings (SSSR count). The third kappa shape index (κ3) is 4.51. The molecule has 27 heavy (non-hydrogen) atoms. The molecule has 0 amide bonds. The van der Waals surface area contributed by atoms with E-state index in [1.165, 1.54) is 0 Å². The maximum atomic E-state index is 9.53. The minimum absolute atomic E-state index is 0.500. The summed E-state index contributed by atoms with van der Waals surface area (Å²) in [6, 6.07) is 25.0. The van der Waals surface area contributed by atoms with E-state index in [4.69, 9.17) is 15.3 Å².